The van der Waals surface area contributed by atoms with E-state index in [9.17, 15) is 0 Å². The van der Waals surface area contributed by atoms with Gasteiger partial charge >= 0.3 is 0 Å². The summed E-state index contributed by atoms with van der Waals surface area (Å²) in [4.78, 5) is 1.10. The Hall–Kier alpha value is 0.300. The Labute approximate surface area is 79.9 Å². The van der Waals surface area contributed by atoms with Gasteiger partial charge in [0, 0.05) is 16.7 Å². The summed E-state index contributed by atoms with van der Waals surface area (Å²) in [6, 6.07) is 1.99. The van der Waals surface area contributed by atoms with Gasteiger partial charge in [0.2, 0.25) is 0 Å². The topological polar surface area (TPSA) is 26.0 Å². The van der Waals surface area contributed by atoms with Crippen LogP contribution < -0.4 is 5.73 Å². The molecule has 0 saturated heterocycles. The van der Waals surface area contributed by atoms with Gasteiger partial charge in [0.05, 0.1) is 5.02 Å². The lowest BCUT2D eigenvalue weighted by Crippen LogP contribution is -2.11. The van der Waals surface area contributed by atoms with Gasteiger partial charge in [0.25, 0.3) is 0 Å². The summed E-state index contributed by atoms with van der Waals surface area (Å²) in [5.41, 5.74) is 5.86. The van der Waals surface area contributed by atoms with Gasteiger partial charge in [-0.3, -0.25) is 0 Å². The van der Waals surface area contributed by atoms with E-state index in [4.69, 9.17) is 17.3 Å². The van der Waals surface area contributed by atoms with Gasteiger partial charge in [-0.2, -0.15) is 11.8 Å². The van der Waals surface area contributed by atoms with Gasteiger partial charge in [-0.1, -0.05) is 11.6 Å². The highest BCUT2D eigenvalue weighted by molar-refractivity contribution is 7.98. The van der Waals surface area contributed by atoms with Crippen LogP contribution in [0.5, 0.6) is 0 Å². The minimum absolute atomic E-state index is 0.0949. The molecule has 0 aliphatic carbocycles. The van der Waals surface area contributed by atoms with E-state index in [1.54, 1.807) is 23.1 Å². The van der Waals surface area contributed by atoms with Gasteiger partial charge in [-0.15, -0.1) is 11.3 Å². The van der Waals surface area contributed by atoms with Crippen molar-refractivity contribution in [3.63, 3.8) is 0 Å². The second kappa shape index (κ2) is 4.36. The third-order valence-corrected chi connectivity index (χ3v) is 3.51. The Morgan fingerprint density at radius 1 is 1.82 bits per heavy atom. The molecule has 1 atom stereocenters. The largest absolute Gasteiger partial charge is 0.323 e. The Bertz CT molecular complexity index is 224. The van der Waals surface area contributed by atoms with Crippen molar-refractivity contribution in [1.82, 2.24) is 0 Å². The summed E-state index contributed by atoms with van der Waals surface area (Å²) in [5.74, 6) is 0.931. The molecule has 1 heterocycles. The number of thioether (sulfide) groups is 1. The van der Waals surface area contributed by atoms with Crippen molar-refractivity contribution in [2.45, 2.75) is 6.04 Å². The van der Waals surface area contributed by atoms with Crippen LogP contribution >= 0.6 is 34.7 Å². The van der Waals surface area contributed by atoms with E-state index in [0.29, 0.717) is 0 Å². The van der Waals surface area contributed by atoms with Crippen LogP contribution in [0.3, 0.4) is 0 Å². The van der Waals surface area contributed by atoms with Crippen LogP contribution in [0.1, 0.15) is 10.9 Å². The molecule has 1 aromatic heterocycles. The summed E-state index contributed by atoms with van der Waals surface area (Å²) >= 11 is 9.26. The van der Waals surface area contributed by atoms with E-state index in [2.05, 4.69) is 0 Å². The third-order valence-electron chi connectivity index (χ3n) is 1.33. The van der Waals surface area contributed by atoms with Crippen LogP contribution in [0.25, 0.3) is 0 Å². The predicted octanol–water partition coefficient (Wildman–Crippen LogP) is 2.76. The smallest absolute Gasteiger partial charge is 0.0561 e. The zero-order chi connectivity index (χ0) is 8.27. The quantitative estimate of drug-likeness (QED) is 0.825. The molecule has 0 spiro atoms. The van der Waals surface area contributed by atoms with Gasteiger partial charge < -0.3 is 5.73 Å². The van der Waals surface area contributed by atoms with Crippen LogP contribution in [0, 0.1) is 0 Å². The van der Waals surface area contributed by atoms with Crippen LogP contribution in [0.4, 0.5) is 0 Å². The Balaban J connectivity index is 2.67. The first-order chi connectivity index (χ1) is 5.25. The zero-order valence-corrected chi connectivity index (χ0v) is 8.60. The second-order valence-electron chi connectivity index (χ2n) is 2.19. The van der Waals surface area contributed by atoms with Crippen molar-refractivity contribution >= 4 is 34.7 Å². The van der Waals surface area contributed by atoms with Crippen LogP contribution in [-0.2, 0) is 0 Å². The van der Waals surface area contributed by atoms with E-state index in [1.807, 2.05) is 17.7 Å². The molecule has 0 radical (unpaired) electrons. The van der Waals surface area contributed by atoms with Gasteiger partial charge in [0.1, 0.15) is 0 Å². The lowest BCUT2D eigenvalue weighted by molar-refractivity contribution is 0.853. The lowest BCUT2D eigenvalue weighted by atomic mass is 10.3. The van der Waals surface area contributed by atoms with Crippen LogP contribution in [-0.4, -0.2) is 12.0 Å². The molecule has 0 saturated carbocycles. The Morgan fingerprint density at radius 3 is 3.00 bits per heavy atom. The fourth-order valence-electron chi connectivity index (χ4n) is 0.825. The highest BCUT2D eigenvalue weighted by atomic mass is 35.5. The number of thiophene rings is 1. The minimum atomic E-state index is 0.0949. The number of halogens is 1. The van der Waals surface area contributed by atoms with E-state index < -0.39 is 0 Å². The van der Waals surface area contributed by atoms with Crippen LogP contribution in [0.15, 0.2) is 11.4 Å². The lowest BCUT2D eigenvalue weighted by Gasteiger charge is -2.07. The van der Waals surface area contributed by atoms with E-state index in [-0.39, 0.29) is 6.04 Å². The normalized spacial score (nSPS) is 13.4. The molecule has 0 aliphatic heterocycles. The summed E-state index contributed by atoms with van der Waals surface area (Å²) in [7, 11) is 0. The number of nitrogens with two attached hydrogens (primary N) is 1. The minimum Gasteiger partial charge on any atom is -0.323 e. The standard InChI is InChI=1S/C7H10ClNS2/c1-10-4-6(9)7-5(8)2-3-11-7/h2-3,6H,4,9H2,1H3. The highest BCUT2D eigenvalue weighted by Gasteiger charge is 2.09. The molecule has 0 aliphatic rings. The zero-order valence-electron chi connectivity index (χ0n) is 6.21. The molecule has 2 N–H and O–H groups in total. The van der Waals surface area contributed by atoms with Crippen molar-refractivity contribution in [2.75, 3.05) is 12.0 Å². The molecule has 1 nitrogen and oxygen atoms in total. The van der Waals surface area contributed by atoms with Gasteiger partial charge in [0.15, 0.2) is 0 Å². The second-order valence-corrected chi connectivity index (χ2v) is 4.46. The summed E-state index contributed by atoms with van der Waals surface area (Å²) in [6.45, 7) is 0. The maximum atomic E-state index is 5.89. The molecule has 0 amide bonds. The molecular formula is C7H10ClNS2. The fourth-order valence-corrected chi connectivity index (χ4v) is 2.66. The molecular weight excluding hydrogens is 198 g/mol. The van der Waals surface area contributed by atoms with E-state index in [0.717, 1.165) is 15.7 Å². The average Bonchev–Trinajstić information content (AvgIpc) is 2.36. The van der Waals surface area contributed by atoms with Crippen molar-refractivity contribution in [3.8, 4) is 0 Å². The monoisotopic (exact) mass is 207 g/mol. The summed E-state index contributed by atoms with van der Waals surface area (Å²) < 4.78 is 0. The van der Waals surface area contributed by atoms with E-state index in [1.165, 1.54) is 0 Å². The number of rotatable bonds is 3. The molecule has 4 heteroatoms. The molecule has 62 valence electrons. The number of hydrogen-bond acceptors (Lipinski definition) is 3. The van der Waals surface area contributed by atoms with Crippen molar-refractivity contribution in [1.29, 1.82) is 0 Å². The Morgan fingerprint density at radius 2 is 2.55 bits per heavy atom. The average molecular weight is 208 g/mol. The van der Waals surface area contributed by atoms with Gasteiger partial charge in [-0.25, -0.2) is 0 Å². The first kappa shape index (κ1) is 9.39. The SMILES string of the molecule is CSCC(N)c1sccc1Cl. The fraction of sp³-hybridized carbons (Fsp3) is 0.429. The van der Waals surface area contributed by atoms with Gasteiger partial charge in [-0.05, 0) is 17.7 Å². The maximum Gasteiger partial charge on any atom is 0.0561 e. The first-order valence-electron chi connectivity index (χ1n) is 3.23. The number of hydrogen-bond donors (Lipinski definition) is 1. The van der Waals surface area contributed by atoms with Crippen molar-refractivity contribution in [2.24, 2.45) is 5.73 Å². The summed E-state index contributed by atoms with van der Waals surface area (Å²) in [6.07, 6.45) is 2.04. The predicted molar refractivity (Wildman–Crippen MR) is 54.6 cm³/mol. The third kappa shape index (κ3) is 2.37. The Kier molecular flexibility index (Phi) is 3.72. The van der Waals surface area contributed by atoms with Crippen molar-refractivity contribution < 1.29 is 0 Å². The molecule has 1 rings (SSSR count). The first-order valence-corrected chi connectivity index (χ1v) is 5.88. The molecule has 0 fully saturated rings. The molecule has 0 aromatic carbocycles. The highest BCUT2D eigenvalue weighted by Crippen LogP contribution is 2.28. The van der Waals surface area contributed by atoms with Crippen LogP contribution in [0.2, 0.25) is 5.02 Å². The maximum absolute atomic E-state index is 5.89. The van der Waals surface area contributed by atoms with E-state index >= 15 is 0 Å². The molecule has 1 aromatic rings. The molecule has 1 unspecified atom stereocenters. The molecule has 0 bridgehead atoms. The summed E-state index contributed by atoms with van der Waals surface area (Å²) in [5, 5.41) is 2.77. The van der Waals surface area contributed by atoms with Crippen molar-refractivity contribution in [3.05, 3.63) is 21.3 Å². The molecule has 11 heavy (non-hydrogen) atoms.